The highest BCUT2D eigenvalue weighted by Crippen LogP contribution is 2.37. The van der Waals surface area contributed by atoms with Crippen LogP contribution in [0.4, 0.5) is 5.69 Å². The summed E-state index contributed by atoms with van der Waals surface area (Å²) < 4.78 is 11.1. The Morgan fingerprint density at radius 1 is 1.11 bits per heavy atom. The van der Waals surface area contributed by atoms with Crippen molar-refractivity contribution in [2.24, 2.45) is 0 Å². The van der Waals surface area contributed by atoms with E-state index < -0.39 is 0 Å². The quantitative estimate of drug-likeness (QED) is 0.808. The van der Waals surface area contributed by atoms with Gasteiger partial charge in [-0.25, -0.2) is 0 Å². The standard InChI is InChI=1S/C14H15NO3/c1-10-8-11(15-16)9-13(17-2)14(10)18-12-6-4-3-5-7-12/h3-9,15-16H,1-2H3. The molecule has 4 heteroatoms. The largest absolute Gasteiger partial charge is 0.493 e. The van der Waals surface area contributed by atoms with Crippen LogP contribution in [0.5, 0.6) is 17.2 Å². The molecule has 18 heavy (non-hydrogen) atoms. The predicted molar refractivity (Wildman–Crippen MR) is 69.7 cm³/mol. The lowest BCUT2D eigenvalue weighted by molar-refractivity contribution is 0.372. The third-order valence-corrected chi connectivity index (χ3v) is 2.55. The Hall–Kier alpha value is -2.20. The molecule has 0 aliphatic heterocycles. The molecule has 2 rings (SSSR count). The van der Waals surface area contributed by atoms with E-state index in [1.54, 1.807) is 19.2 Å². The molecule has 94 valence electrons. The highest BCUT2D eigenvalue weighted by molar-refractivity contribution is 5.58. The lowest BCUT2D eigenvalue weighted by Crippen LogP contribution is -1.96. The van der Waals surface area contributed by atoms with E-state index in [4.69, 9.17) is 14.7 Å². The van der Waals surface area contributed by atoms with Crippen LogP contribution in [0.2, 0.25) is 0 Å². The van der Waals surface area contributed by atoms with Gasteiger partial charge in [-0.05, 0) is 30.7 Å². The van der Waals surface area contributed by atoms with Crippen molar-refractivity contribution >= 4 is 5.69 Å². The number of ether oxygens (including phenoxy) is 2. The van der Waals surface area contributed by atoms with Crippen molar-refractivity contribution in [3.63, 3.8) is 0 Å². The molecule has 2 aromatic carbocycles. The number of aryl methyl sites for hydroxylation is 1. The number of anilines is 1. The molecule has 2 aromatic rings. The van der Waals surface area contributed by atoms with Crippen LogP contribution in [0.15, 0.2) is 42.5 Å². The van der Waals surface area contributed by atoms with E-state index in [0.717, 1.165) is 11.3 Å². The Balaban J connectivity index is 2.38. The molecule has 0 atom stereocenters. The van der Waals surface area contributed by atoms with E-state index in [-0.39, 0.29) is 0 Å². The van der Waals surface area contributed by atoms with Gasteiger partial charge in [0, 0.05) is 6.07 Å². The van der Waals surface area contributed by atoms with Gasteiger partial charge in [0.05, 0.1) is 12.8 Å². The maximum atomic E-state index is 8.92. The van der Waals surface area contributed by atoms with Gasteiger partial charge in [0.25, 0.3) is 0 Å². The van der Waals surface area contributed by atoms with Gasteiger partial charge >= 0.3 is 0 Å². The third-order valence-electron chi connectivity index (χ3n) is 2.55. The van der Waals surface area contributed by atoms with E-state index in [9.17, 15) is 0 Å². The summed E-state index contributed by atoms with van der Waals surface area (Å²) in [4.78, 5) is 0. The molecule has 0 unspecified atom stereocenters. The molecule has 0 saturated heterocycles. The second-order valence-electron chi connectivity index (χ2n) is 3.85. The molecule has 0 saturated carbocycles. The van der Waals surface area contributed by atoms with Gasteiger partial charge < -0.3 is 9.47 Å². The average Bonchev–Trinajstić information content (AvgIpc) is 2.42. The molecular weight excluding hydrogens is 230 g/mol. The zero-order chi connectivity index (χ0) is 13.0. The van der Waals surface area contributed by atoms with Crippen molar-refractivity contribution < 1.29 is 14.7 Å². The first-order valence-corrected chi connectivity index (χ1v) is 5.56. The van der Waals surface area contributed by atoms with Crippen LogP contribution < -0.4 is 15.0 Å². The lowest BCUT2D eigenvalue weighted by Gasteiger charge is -2.14. The topological polar surface area (TPSA) is 50.7 Å². The van der Waals surface area contributed by atoms with Gasteiger partial charge in [-0.2, -0.15) is 0 Å². The van der Waals surface area contributed by atoms with Gasteiger partial charge in [0.15, 0.2) is 11.5 Å². The van der Waals surface area contributed by atoms with Crippen LogP contribution in [-0.4, -0.2) is 12.3 Å². The predicted octanol–water partition coefficient (Wildman–Crippen LogP) is 3.60. The average molecular weight is 245 g/mol. The smallest absolute Gasteiger partial charge is 0.172 e. The number of para-hydroxylation sites is 1. The molecule has 0 spiro atoms. The Bertz CT molecular complexity index is 526. The van der Waals surface area contributed by atoms with Gasteiger partial charge in [-0.3, -0.25) is 10.7 Å². The van der Waals surface area contributed by atoms with Crippen molar-refractivity contribution in [1.82, 2.24) is 0 Å². The van der Waals surface area contributed by atoms with Crippen LogP contribution in [-0.2, 0) is 0 Å². The van der Waals surface area contributed by atoms with Crippen molar-refractivity contribution in [2.45, 2.75) is 6.92 Å². The molecule has 0 aliphatic carbocycles. The number of hydrogen-bond acceptors (Lipinski definition) is 4. The normalized spacial score (nSPS) is 9.94. The first-order valence-electron chi connectivity index (χ1n) is 5.56. The second-order valence-corrected chi connectivity index (χ2v) is 3.85. The molecule has 0 radical (unpaired) electrons. The van der Waals surface area contributed by atoms with Gasteiger partial charge in [-0.15, -0.1) is 0 Å². The Morgan fingerprint density at radius 2 is 1.83 bits per heavy atom. The van der Waals surface area contributed by atoms with Gasteiger partial charge in [-0.1, -0.05) is 18.2 Å². The van der Waals surface area contributed by atoms with Gasteiger partial charge in [0.2, 0.25) is 0 Å². The minimum Gasteiger partial charge on any atom is -0.493 e. The molecule has 0 aliphatic rings. The van der Waals surface area contributed by atoms with E-state index >= 15 is 0 Å². The highest BCUT2D eigenvalue weighted by Gasteiger charge is 2.11. The van der Waals surface area contributed by atoms with E-state index in [0.29, 0.717) is 17.2 Å². The van der Waals surface area contributed by atoms with Crippen molar-refractivity contribution in [3.05, 3.63) is 48.0 Å². The number of benzene rings is 2. The summed E-state index contributed by atoms with van der Waals surface area (Å²) >= 11 is 0. The molecule has 0 fully saturated rings. The summed E-state index contributed by atoms with van der Waals surface area (Å²) in [7, 11) is 1.56. The minimum atomic E-state index is 0.560. The number of nitrogens with one attached hydrogen (secondary N) is 1. The summed E-state index contributed by atoms with van der Waals surface area (Å²) in [5.74, 6) is 1.95. The zero-order valence-electron chi connectivity index (χ0n) is 10.3. The van der Waals surface area contributed by atoms with Crippen molar-refractivity contribution in [2.75, 3.05) is 12.6 Å². The fourth-order valence-corrected chi connectivity index (χ4v) is 1.69. The molecule has 0 aromatic heterocycles. The van der Waals surface area contributed by atoms with Crippen LogP contribution in [0, 0.1) is 6.92 Å². The van der Waals surface area contributed by atoms with Gasteiger partial charge in [0.1, 0.15) is 5.75 Å². The fraction of sp³-hybridized carbons (Fsp3) is 0.143. The summed E-state index contributed by atoms with van der Waals surface area (Å²) in [5, 5.41) is 8.92. The zero-order valence-corrected chi connectivity index (χ0v) is 10.3. The van der Waals surface area contributed by atoms with Crippen molar-refractivity contribution in [3.8, 4) is 17.2 Å². The number of hydrogen-bond donors (Lipinski definition) is 2. The monoisotopic (exact) mass is 245 g/mol. The van der Waals surface area contributed by atoms with Crippen LogP contribution in [0.3, 0.4) is 0 Å². The summed E-state index contributed by atoms with van der Waals surface area (Å²) in [6.45, 7) is 1.89. The molecular formula is C14H15NO3. The minimum absolute atomic E-state index is 0.560. The Morgan fingerprint density at radius 3 is 2.44 bits per heavy atom. The third kappa shape index (κ3) is 2.55. The fourth-order valence-electron chi connectivity index (χ4n) is 1.69. The first-order chi connectivity index (χ1) is 8.74. The number of rotatable bonds is 4. The highest BCUT2D eigenvalue weighted by atomic mass is 16.5. The molecule has 4 nitrogen and oxygen atoms in total. The number of methoxy groups -OCH3 is 1. The summed E-state index contributed by atoms with van der Waals surface area (Å²) in [6.07, 6.45) is 0. The molecule has 0 heterocycles. The van der Waals surface area contributed by atoms with E-state index in [1.165, 1.54) is 0 Å². The first kappa shape index (κ1) is 12.3. The Kier molecular flexibility index (Phi) is 3.69. The SMILES string of the molecule is COc1cc(NO)cc(C)c1Oc1ccccc1. The van der Waals surface area contributed by atoms with E-state index in [2.05, 4.69) is 5.48 Å². The maximum absolute atomic E-state index is 8.92. The lowest BCUT2D eigenvalue weighted by atomic mass is 10.2. The maximum Gasteiger partial charge on any atom is 0.172 e. The molecule has 2 N–H and O–H groups in total. The van der Waals surface area contributed by atoms with Crippen LogP contribution >= 0.6 is 0 Å². The van der Waals surface area contributed by atoms with Crippen molar-refractivity contribution in [1.29, 1.82) is 0 Å². The Labute approximate surface area is 106 Å². The van der Waals surface area contributed by atoms with E-state index in [1.807, 2.05) is 37.3 Å². The second kappa shape index (κ2) is 5.42. The summed E-state index contributed by atoms with van der Waals surface area (Å²) in [6, 6.07) is 12.9. The summed E-state index contributed by atoms with van der Waals surface area (Å²) in [5.41, 5.74) is 3.53. The molecule has 0 bridgehead atoms. The van der Waals surface area contributed by atoms with Crippen LogP contribution in [0.1, 0.15) is 5.56 Å². The molecule has 0 amide bonds. The van der Waals surface area contributed by atoms with Crippen LogP contribution in [0.25, 0.3) is 0 Å².